The molecule has 2 N–H and O–H groups in total. The van der Waals surface area contributed by atoms with Crippen LogP contribution >= 0.6 is 0 Å². The van der Waals surface area contributed by atoms with Gasteiger partial charge in [0, 0.05) is 6.42 Å². The molecule has 2 atom stereocenters. The van der Waals surface area contributed by atoms with Crippen LogP contribution in [0.15, 0.2) is 0 Å². The van der Waals surface area contributed by atoms with Crippen LogP contribution in [-0.4, -0.2) is 35.5 Å². The molecule has 1 aliphatic heterocycles. The SMILES string of the molecule is CC(C)CNCCC(C)(O)CC1CCC2(CCCC2)O1. The summed E-state index contributed by atoms with van der Waals surface area (Å²) in [7, 11) is 0. The van der Waals surface area contributed by atoms with Gasteiger partial charge in [-0.1, -0.05) is 26.7 Å². The van der Waals surface area contributed by atoms with Crippen LogP contribution in [0.5, 0.6) is 0 Å². The fourth-order valence-corrected chi connectivity index (χ4v) is 3.77. The lowest BCUT2D eigenvalue weighted by Gasteiger charge is -2.29. The highest BCUT2D eigenvalue weighted by Crippen LogP contribution is 2.44. The molecule has 3 nitrogen and oxygen atoms in total. The Morgan fingerprint density at radius 1 is 1.30 bits per heavy atom. The average molecular weight is 283 g/mol. The van der Waals surface area contributed by atoms with Crippen LogP contribution in [0.25, 0.3) is 0 Å². The standard InChI is InChI=1S/C17H33NO2/c1-14(2)13-18-11-10-16(3,19)12-15-6-9-17(20-15)7-4-5-8-17/h14-15,18-19H,4-13H2,1-3H3. The average Bonchev–Trinajstić information content (AvgIpc) is 2.95. The van der Waals surface area contributed by atoms with Crippen LogP contribution in [0.3, 0.4) is 0 Å². The van der Waals surface area contributed by atoms with E-state index in [-0.39, 0.29) is 11.7 Å². The van der Waals surface area contributed by atoms with Crippen LogP contribution in [0.1, 0.15) is 72.1 Å². The quantitative estimate of drug-likeness (QED) is 0.705. The fraction of sp³-hybridized carbons (Fsp3) is 1.00. The number of hydrogen-bond donors (Lipinski definition) is 2. The van der Waals surface area contributed by atoms with Gasteiger partial charge in [-0.15, -0.1) is 0 Å². The second-order valence-corrected chi connectivity index (χ2v) is 7.72. The van der Waals surface area contributed by atoms with E-state index in [1.54, 1.807) is 0 Å². The molecule has 118 valence electrons. The Balaban J connectivity index is 1.69. The van der Waals surface area contributed by atoms with Crippen molar-refractivity contribution < 1.29 is 9.84 Å². The fourth-order valence-electron chi connectivity index (χ4n) is 3.77. The second-order valence-electron chi connectivity index (χ2n) is 7.72. The minimum absolute atomic E-state index is 0.191. The number of aliphatic hydroxyl groups is 1. The number of ether oxygens (including phenoxy) is 1. The van der Waals surface area contributed by atoms with Gasteiger partial charge in [-0.25, -0.2) is 0 Å². The minimum Gasteiger partial charge on any atom is -0.390 e. The normalized spacial score (nSPS) is 28.4. The third-order valence-electron chi connectivity index (χ3n) is 4.91. The Morgan fingerprint density at radius 3 is 2.65 bits per heavy atom. The summed E-state index contributed by atoms with van der Waals surface area (Å²) >= 11 is 0. The summed E-state index contributed by atoms with van der Waals surface area (Å²) in [5.74, 6) is 0.667. The zero-order chi connectivity index (χ0) is 14.6. The number of rotatable bonds is 7. The molecule has 0 radical (unpaired) electrons. The summed E-state index contributed by atoms with van der Waals surface area (Å²) < 4.78 is 6.31. The summed E-state index contributed by atoms with van der Waals surface area (Å²) in [6.07, 6.45) is 9.33. The second kappa shape index (κ2) is 6.76. The van der Waals surface area contributed by atoms with Crippen molar-refractivity contribution in [2.24, 2.45) is 5.92 Å². The first-order chi connectivity index (χ1) is 9.41. The van der Waals surface area contributed by atoms with Crippen molar-refractivity contribution in [3.63, 3.8) is 0 Å². The maximum absolute atomic E-state index is 10.6. The van der Waals surface area contributed by atoms with E-state index in [4.69, 9.17) is 4.74 Å². The van der Waals surface area contributed by atoms with Crippen molar-refractivity contribution in [3.05, 3.63) is 0 Å². The Hall–Kier alpha value is -0.120. The van der Waals surface area contributed by atoms with Gasteiger partial charge in [-0.2, -0.15) is 0 Å². The molecule has 0 amide bonds. The molecular weight excluding hydrogens is 250 g/mol. The van der Waals surface area contributed by atoms with E-state index in [2.05, 4.69) is 19.2 Å². The van der Waals surface area contributed by atoms with Crippen LogP contribution < -0.4 is 5.32 Å². The molecule has 3 heteroatoms. The van der Waals surface area contributed by atoms with Crippen LogP contribution in [0.2, 0.25) is 0 Å². The van der Waals surface area contributed by atoms with Crippen molar-refractivity contribution in [2.75, 3.05) is 13.1 Å². The van der Waals surface area contributed by atoms with Gasteiger partial charge in [0.05, 0.1) is 17.3 Å². The molecule has 1 aliphatic carbocycles. The molecule has 20 heavy (non-hydrogen) atoms. The molecule has 1 saturated heterocycles. The van der Waals surface area contributed by atoms with Gasteiger partial charge in [0.15, 0.2) is 0 Å². The van der Waals surface area contributed by atoms with Gasteiger partial charge in [0.2, 0.25) is 0 Å². The van der Waals surface area contributed by atoms with Gasteiger partial charge in [0.25, 0.3) is 0 Å². The van der Waals surface area contributed by atoms with E-state index >= 15 is 0 Å². The molecule has 0 aromatic heterocycles. The zero-order valence-electron chi connectivity index (χ0n) is 13.6. The number of nitrogens with one attached hydrogen (secondary N) is 1. The van der Waals surface area contributed by atoms with Gasteiger partial charge >= 0.3 is 0 Å². The van der Waals surface area contributed by atoms with E-state index in [9.17, 15) is 5.11 Å². The molecule has 0 bridgehead atoms. The van der Waals surface area contributed by atoms with Crippen LogP contribution in [-0.2, 0) is 4.74 Å². The van der Waals surface area contributed by atoms with E-state index in [1.807, 2.05) is 6.92 Å². The summed E-state index contributed by atoms with van der Waals surface area (Å²) in [6.45, 7) is 8.30. The van der Waals surface area contributed by atoms with E-state index in [1.165, 1.54) is 32.1 Å². The molecule has 1 saturated carbocycles. The first kappa shape index (κ1) is 16.3. The highest BCUT2D eigenvalue weighted by Gasteiger charge is 2.43. The maximum atomic E-state index is 10.6. The van der Waals surface area contributed by atoms with Crippen molar-refractivity contribution in [2.45, 2.75) is 89.4 Å². The van der Waals surface area contributed by atoms with Gasteiger partial charge < -0.3 is 15.2 Å². The van der Waals surface area contributed by atoms with E-state index in [0.29, 0.717) is 5.92 Å². The van der Waals surface area contributed by atoms with Crippen molar-refractivity contribution in [1.29, 1.82) is 0 Å². The topological polar surface area (TPSA) is 41.5 Å². The van der Waals surface area contributed by atoms with Crippen LogP contribution in [0.4, 0.5) is 0 Å². The Kier molecular flexibility index (Phi) is 5.49. The van der Waals surface area contributed by atoms with Gasteiger partial charge in [-0.05, 0) is 58.0 Å². The first-order valence-corrected chi connectivity index (χ1v) is 8.52. The number of hydrogen-bond acceptors (Lipinski definition) is 3. The van der Waals surface area contributed by atoms with Crippen molar-refractivity contribution in [1.82, 2.24) is 5.32 Å². The van der Waals surface area contributed by atoms with Gasteiger partial charge in [0.1, 0.15) is 0 Å². The molecular formula is C17H33NO2. The molecule has 1 spiro atoms. The van der Waals surface area contributed by atoms with Crippen molar-refractivity contribution in [3.8, 4) is 0 Å². The monoisotopic (exact) mass is 283 g/mol. The molecule has 0 aromatic carbocycles. The first-order valence-electron chi connectivity index (χ1n) is 8.52. The maximum Gasteiger partial charge on any atom is 0.0687 e. The van der Waals surface area contributed by atoms with Crippen LogP contribution in [0, 0.1) is 5.92 Å². The lowest BCUT2D eigenvalue weighted by atomic mass is 9.92. The predicted molar refractivity (Wildman–Crippen MR) is 82.9 cm³/mol. The van der Waals surface area contributed by atoms with E-state index < -0.39 is 5.60 Å². The van der Waals surface area contributed by atoms with E-state index in [0.717, 1.165) is 32.4 Å². The predicted octanol–water partition coefficient (Wildman–Crippen LogP) is 3.26. The summed E-state index contributed by atoms with van der Waals surface area (Å²) in [4.78, 5) is 0. The molecule has 2 rings (SSSR count). The van der Waals surface area contributed by atoms with Gasteiger partial charge in [-0.3, -0.25) is 0 Å². The molecule has 2 unspecified atom stereocenters. The Labute approximate surface area is 124 Å². The Morgan fingerprint density at radius 2 is 2.00 bits per heavy atom. The third kappa shape index (κ3) is 4.71. The highest BCUT2D eigenvalue weighted by molar-refractivity contribution is 4.94. The highest BCUT2D eigenvalue weighted by atomic mass is 16.5. The lowest BCUT2D eigenvalue weighted by molar-refractivity contribution is -0.0728. The smallest absolute Gasteiger partial charge is 0.0687 e. The molecule has 0 aromatic rings. The summed E-state index contributed by atoms with van der Waals surface area (Å²) in [6, 6.07) is 0. The summed E-state index contributed by atoms with van der Waals surface area (Å²) in [5, 5.41) is 14.0. The molecule has 1 heterocycles. The minimum atomic E-state index is -0.598. The lowest BCUT2D eigenvalue weighted by Crippen LogP contribution is -2.35. The third-order valence-corrected chi connectivity index (χ3v) is 4.91. The molecule has 2 fully saturated rings. The zero-order valence-corrected chi connectivity index (χ0v) is 13.6. The van der Waals surface area contributed by atoms with Crippen molar-refractivity contribution >= 4 is 0 Å². The molecule has 2 aliphatic rings. The summed E-state index contributed by atoms with van der Waals surface area (Å²) in [5.41, 5.74) is -0.407. The largest absolute Gasteiger partial charge is 0.390 e. The Bertz CT molecular complexity index is 295.